The van der Waals surface area contributed by atoms with Crippen LogP contribution >= 0.6 is 11.8 Å². The van der Waals surface area contributed by atoms with Crippen LogP contribution in [-0.4, -0.2) is 40.8 Å². The van der Waals surface area contributed by atoms with Crippen LogP contribution in [0.4, 0.5) is 5.69 Å². The Bertz CT molecular complexity index is 1560. The van der Waals surface area contributed by atoms with E-state index in [4.69, 9.17) is 9.73 Å². The Morgan fingerprint density at radius 3 is 2.54 bits per heavy atom. The summed E-state index contributed by atoms with van der Waals surface area (Å²) in [6.07, 6.45) is 1.98. The largest absolute Gasteiger partial charge is 0.383 e. The molecule has 5 rings (SSSR count). The number of amidine groups is 1. The number of carbonyl (C=O) groups excluding carboxylic acids is 1. The van der Waals surface area contributed by atoms with E-state index in [9.17, 15) is 10.1 Å². The number of methoxy groups -OCH3 is 1. The van der Waals surface area contributed by atoms with Crippen molar-refractivity contribution in [2.24, 2.45) is 4.99 Å². The van der Waals surface area contributed by atoms with Crippen LogP contribution < -0.4 is 0 Å². The maximum atomic E-state index is 13.5. The Labute approximate surface area is 220 Å². The van der Waals surface area contributed by atoms with Gasteiger partial charge in [-0.2, -0.15) is 5.26 Å². The zero-order chi connectivity index (χ0) is 25.8. The first-order chi connectivity index (χ1) is 18.1. The molecule has 6 nitrogen and oxygen atoms in total. The molecule has 184 valence electrons. The monoisotopic (exact) mass is 506 g/mol. The van der Waals surface area contributed by atoms with Gasteiger partial charge in [0.1, 0.15) is 0 Å². The molecule has 1 fully saturated rings. The standard InChI is InChI=1S/C30H26N4O2S/c1-21-26(25-14-8-9-15-27(25)34(21)20-23-11-7-6-10-22(23)19-31)18-28-29(35)33(16-17-36-2)30(37-28)32-24-12-4-3-5-13-24/h3-15,18H,16-17,20H2,1-2H3/b28-18+,32-30?. The lowest BCUT2D eigenvalue weighted by Crippen LogP contribution is -2.32. The number of rotatable bonds is 7. The molecule has 0 aliphatic carbocycles. The number of para-hydroxylation sites is 2. The second-order valence-corrected chi connectivity index (χ2v) is 9.67. The van der Waals surface area contributed by atoms with E-state index in [2.05, 4.69) is 29.7 Å². The maximum Gasteiger partial charge on any atom is 0.266 e. The fourth-order valence-electron chi connectivity index (χ4n) is 4.50. The van der Waals surface area contributed by atoms with Crippen LogP contribution in [0.1, 0.15) is 22.4 Å². The summed E-state index contributed by atoms with van der Waals surface area (Å²) in [5, 5.41) is 11.3. The summed E-state index contributed by atoms with van der Waals surface area (Å²) in [7, 11) is 1.63. The summed E-state index contributed by atoms with van der Waals surface area (Å²) >= 11 is 1.38. The van der Waals surface area contributed by atoms with E-state index in [1.165, 1.54) is 11.8 Å². The van der Waals surface area contributed by atoms with E-state index in [1.54, 1.807) is 12.0 Å². The van der Waals surface area contributed by atoms with Crippen molar-refractivity contribution < 1.29 is 9.53 Å². The van der Waals surface area contributed by atoms with E-state index in [1.807, 2.05) is 72.8 Å². The number of nitriles is 1. The highest BCUT2D eigenvalue weighted by Crippen LogP contribution is 2.37. The van der Waals surface area contributed by atoms with Crippen molar-refractivity contribution in [1.82, 2.24) is 9.47 Å². The van der Waals surface area contributed by atoms with Crippen molar-refractivity contribution in [3.8, 4) is 6.07 Å². The molecule has 7 heteroatoms. The van der Waals surface area contributed by atoms with Gasteiger partial charge in [-0.3, -0.25) is 9.69 Å². The van der Waals surface area contributed by atoms with Crippen molar-refractivity contribution in [3.05, 3.63) is 106 Å². The molecule has 1 aliphatic rings. The third kappa shape index (κ3) is 4.94. The average Bonchev–Trinajstić information content (AvgIpc) is 3.36. The van der Waals surface area contributed by atoms with Crippen molar-refractivity contribution in [1.29, 1.82) is 5.26 Å². The lowest BCUT2D eigenvalue weighted by Gasteiger charge is -2.14. The molecule has 1 amide bonds. The summed E-state index contributed by atoms with van der Waals surface area (Å²) in [6.45, 7) is 3.48. The summed E-state index contributed by atoms with van der Waals surface area (Å²) in [4.78, 5) is 20.6. The Kier molecular flexibility index (Phi) is 7.22. The lowest BCUT2D eigenvalue weighted by molar-refractivity contribution is -0.122. The van der Waals surface area contributed by atoms with E-state index < -0.39 is 0 Å². The summed E-state index contributed by atoms with van der Waals surface area (Å²) in [5.74, 6) is -0.0808. The van der Waals surface area contributed by atoms with E-state index >= 15 is 0 Å². The van der Waals surface area contributed by atoms with Gasteiger partial charge in [0.2, 0.25) is 0 Å². The highest BCUT2D eigenvalue weighted by molar-refractivity contribution is 8.18. The van der Waals surface area contributed by atoms with Crippen LogP contribution in [0.3, 0.4) is 0 Å². The van der Waals surface area contributed by atoms with Gasteiger partial charge in [-0.25, -0.2) is 4.99 Å². The molecule has 37 heavy (non-hydrogen) atoms. The van der Waals surface area contributed by atoms with Crippen LogP contribution in [0.2, 0.25) is 0 Å². The fourth-order valence-corrected chi connectivity index (χ4v) is 5.50. The van der Waals surface area contributed by atoms with E-state index in [-0.39, 0.29) is 5.91 Å². The number of carbonyl (C=O) groups is 1. The number of nitrogens with zero attached hydrogens (tertiary/aromatic N) is 4. The minimum atomic E-state index is -0.0808. The normalized spacial score (nSPS) is 15.7. The maximum absolute atomic E-state index is 13.5. The zero-order valence-electron chi connectivity index (χ0n) is 20.7. The fraction of sp³-hybridized carbons (Fsp3) is 0.167. The molecule has 4 aromatic rings. The molecular weight excluding hydrogens is 480 g/mol. The number of aromatic nitrogens is 1. The first-order valence-electron chi connectivity index (χ1n) is 12.0. The molecule has 2 heterocycles. The van der Waals surface area contributed by atoms with E-state index in [0.717, 1.165) is 33.4 Å². The van der Waals surface area contributed by atoms with Crippen LogP contribution in [-0.2, 0) is 16.1 Å². The topological polar surface area (TPSA) is 70.6 Å². The number of benzene rings is 3. The molecule has 1 aromatic heterocycles. The Morgan fingerprint density at radius 2 is 1.76 bits per heavy atom. The Hall–Kier alpha value is -4.12. The highest BCUT2D eigenvalue weighted by atomic mass is 32.2. The van der Waals surface area contributed by atoms with Crippen LogP contribution in [0, 0.1) is 18.3 Å². The number of aliphatic imine (C=N–C) groups is 1. The molecule has 0 radical (unpaired) electrons. The number of fused-ring (bicyclic) bond motifs is 1. The second-order valence-electron chi connectivity index (χ2n) is 8.66. The highest BCUT2D eigenvalue weighted by Gasteiger charge is 2.33. The Balaban J connectivity index is 1.57. The minimum absolute atomic E-state index is 0.0808. The first kappa shape index (κ1) is 24.6. The number of ether oxygens (including phenoxy) is 1. The van der Waals surface area contributed by atoms with Gasteiger partial charge in [-0.15, -0.1) is 0 Å². The quantitative estimate of drug-likeness (QED) is 0.283. The summed E-state index contributed by atoms with van der Waals surface area (Å²) in [6, 6.07) is 27.8. The number of hydrogen-bond donors (Lipinski definition) is 0. The molecular formula is C30H26N4O2S. The summed E-state index contributed by atoms with van der Waals surface area (Å²) < 4.78 is 7.47. The zero-order valence-corrected chi connectivity index (χ0v) is 21.5. The van der Waals surface area contributed by atoms with Crippen molar-refractivity contribution in [2.45, 2.75) is 13.5 Å². The molecule has 0 bridgehead atoms. The predicted molar refractivity (Wildman–Crippen MR) is 150 cm³/mol. The van der Waals surface area contributed by atoms with Crippen molar-refractivity contribution in [2.75, 3.05) is 20.3 Å². The number of amides is 1. The number of thioether (sulfide) groups is 1. The van der Waals surface area contributed by atoms with Gasteiger partial charge in [-0.1, -0.05) is 54.6 Å². The summed E-state index contributed by atoms with van der Waals surface area (Å²) in [5.41, 5.74) is 5.51. The van der Waals surface area contributed by atoms with Gasteiger partial charge in [0, 0.05) is 35.8 Å². The van der Waals surface area contributed by atoms with Crippen molar-refractivity contribution >= 4 is 45.5 Å². The average molecular weight is 507 g/mol. The van der Waals surface area contributed by atoms with Gasteiger partial charge < -0.3 is 9.30 Å². The molecule has 1 aliphatic heterocycles. The SMILES string of the molecule is COCCN1C(=O)/C(=C\c2c(C)n(Cc3ccccc3C#N)c3ccccc23)SC1=Nc1ccccc1. The first-order valence-corrected chi connectivity index (χ1v) is 12.8. The van der Waals surface area contributed by atoms with Gasteiger partial charge in [-0.05, 0) is 54.6 Å². The molecule has 0 N–H and O–H groups in total. The lowest BCUT2D eigenvalue weighted by atomic mass is 10.1. The molecule has 0 saturated carbocycles. The molecule has 1 saturated heterocycles. The third-order valence-electron chi connectivity index (χ3n) is 6.41. The smallest absolute Gasteiger partial charge is 0.266 e. The molecule has 0 atom stereocenters. The van der Waals surface area contributed by atoms with Crippen LogP contribution in [0.15, 0.2) is 88.8 Å². The van der Waals surface area contributed by atoms with Crippen LogP contribution in [0.25, 0.3) is 17.0 Å². The second kappa shape index (κ2) is 10.9. The van der Waals surface area contributed by atoms with Crippen molar-refractivity contribution in [3.63, 3.8) is 0 Å². The van der Waals surface area contributed by atoms with Gasteiger partial charge in [0.05, 0.1) is 35.4 Å². The van der Waals surface area contributed by atoms with Gasteiger partial charge in [0.25, 0.3) is 5.91 Å². The third-order valence-corrected chi connectivity index (χ3v) is 7.42. The Morgan fingerprint density at radius 1 is 1.03 bits per heavy atom. The molecule has 0 spiro atoms. The predicted octanol–water partition coefficient (Wildman–Crippen LogP) is 6.12. The van der Waals surface area contributed by atoms with Gasteiger partial charge in [0.15, 0.2) is 5.17 Å². The van der Waals surface area contributed by atoms with Gasteiger partial charge >= 0.3 is 0 Å². The minimum Gasteiger partial charge on any atom is -0.383 e. The van der Waals surface area contributed by atoms with E-state index in [0.29, 0.717) is 35.3 Å². The number of hydrogen-bond acceptors (Lipinski definition) is 5. The molecule has 3 aromatic carbocycles. The van der Waals surface area contributed by atoms with Crippen LogP contribution in [0.5, 0.6) is 0 Å². The molecule has 0 unspecified atom stereocenters.